The van der Waals surface area contributed by atoms with E-state index in [4.69, 9.17) is 5.73 Å². The summed E-state index contributed by atoms with van der Waals surface area (Å²) in [6, 6.07) is 6.44. The Kier molecular flexibility index (Phi) is 6.94. The van der Waals surface area contributed by atoms with Gasteiger partial charge in [-0.1, -0.05) is 13.3 Å². The highest BCUT2D eigenvalue weighted by Crippen LogP contribution is 2.19. The van der Waals surface area contributed by atoms with E-state index in [1.54, 1.807) is 0 Å². The Hall–Kier alpha value is -3.36. The molecule has 0 saturated heterocycles. The van der Waals surface area contributed by atoms with Gasteiger partial charge in [0, 0.05) is 24.6 Å². The molecule has 1 aliphatic heterocycles. The highest BCUT2D eigenvalue weighted by molar-refractivity contribution is 5.98. The molecule has 2 aromatic carbocycles. The average Bonchev–Trinajstić information content (AvgIpc) is 2.68. The molecule has 9 heteroatoms. The van der Waals surface area contributed by atoms with Crippen molar-refractivity contribution in [1.82, 2.24) is 10.2 Å². The van der Waals surface area contributed by atoms with E-state index in [2.05, 4.69) is 10.3 Å². The lowest BCUT2D eigenvalue weighted by atomic mass is 10.1. The fourth-order valence-electron chi connectivity index (χ4n) is 3.46. The molecular formula is C22H23F3N4O2. The van der Waals surface area contributed by atoms with Gasteiger partial charge in [-0.2, -0.15) is 0 Å². The van der Waals surface area contributed by atoms with Crippen LogP contribution in [0.5, 0.6) is 0 Å². The fraction of sp³-hybridized carbons (Fsp3) is 0.318. The number of hydrogen-bond donors (Lipinski definition) is 2. The number of aliphatic imine (C=N–C) groups is 1. The normalized spacial score (nSPS) is 16.3. The number of hydrogen-bond acceptors (Lipinski definition) is 4. The summed E-state index contributed by atoms with van der Waals surface area (Å²) in [7, 11) is 0. The van der Waals surface area contributed by atoms with Crippen molar-refractivity contribution in [3.8, 4) is 0 Å². The number of guanidine groups is 1. The molecule has 0 aliphatic carbocycles. The lowest BCUT2D eigenvalue weighted by Gasteiger charge is -2.29. The molecule has 1 atom stereocenters. The Labute approximate surface area is 177 Å². The minimum absolute atomic E-state index is 0.00991. The SMILES string of the molecule is CCCC1CC(=O)N(Cc2cc(F)cc(C(=O)NCc3cc(F)cc(F)c3)c2)C(N)=N1. The van der Waals surface area contributed by atoms with Crippen LogP contribution in [0.4, 0.5) is 13.2 Å². The minimum atomic E-state index is -0.760. The van der Waals surface area contributed by atoms with Crippen LogP contribution in [0.3, 0.4) is 0 Å². The number of benzene rings is 2. The van der Waals surface area contributed by atoms with E-state index >= 15 is 0 Å². The average molecular weight is 432 g/mol. The van der Waals surface area contributed by atoms with Gasteiger partial charge in [0.1, 0.15) is 17.5 Å². The van der Waals surface area contributed by atoms with Crippen LogP contribution >= 0.6 is 0 Å². The third kappa shape index (κ3) is 5.84. The second-order valence-corrected chi connectivity index (χ2v) is 7.42. The Morgan fingerprint density at radius 2 is 1.74 bits per heavy atom. The third-order valence-electron chi connectivity index (χ3n) is 4.86. The molecule has 0 radical (unpaired) electrons. The maximum Gasteiger partial charge on any atom is 0.251 e. The van der Waals surface area contributed by atoms with Crippen molar-refractivity contribution in [1.29, 1.82) is 0 Å². The molecule has 0 fully saturated rings. The van der Waals surface area contributed by atoms with E-state index in [1.165, 1.54) is 17.0 Å². The third-order valence-corrected chi connectivity index (χ3v) is 4.86. The largest absolute Gasteiger partial charge is 0.369 e. The fourth-order valence-corrected chi connectivity index (χ4v) is 3.46. The number of rotatable bonds is 7. The molecule has 1 unspecified atom stereocenters. The van der Waals surface area contributed by atoms with Crippen molar-refractivity contribution in [2.24, 2.45) is 10.7 Å². The number of carbonyl (C=O) groups is 2. The van der Waals surface area contributed by atoms with Gasteiger partial charge in [0.15, 0.2) is 5.96 Å². The van der Waals surface area contributed by atoms with E-state index in [-0.39, 0.29) is 48.5 Å². The number of nitrogens with one attached hydrogen (secondary N) is 1. The topological polar surface area (TPSA) is 87.8 Å². The highest BCUT2D eigenvalue weighted by Gasteiger charge is 2.27. The molecule has 3 rings (SSSR count). The zero-order valence-electron chi connectivity index (χ0n) is 17.0. The smallest absolute Gasteiger partial charge is 0.251 e. The van der Waals surface area contributed by atoms with Crippen LogP contribution in [-0.2, 0) is 17.9 Å². The van der Waals surface area contributed by atoms with Crippen molar-refractivity contribution >= 4 is 17.8 Å². The van der Waals surface area contributed by atoms with Crippen LogP contribution in [0.2, 0.25) is 0 Å². The first-order valence-electron chi connectivity index (χ1n) is 9.91. The van der Waals surface area contributed by atoms with Crippen LogP contribution in [-0.4, -0.2) is 28.7 Å². The van der Waals surface area contributed by atoms with Gasteiger partial charge in [0.2, 0.25) is 5.91 Å². The molecule has 0 bridgehead atoms. The molecule has 0 spiro atoms. The molecule has 3 N–H and O–H groups in total. The van der Waals surface area contributed by atoms with Gasteiger partial charge in [0.25, 0.3) is 5.91 Å². The molecule has 0 saturated carbocycles. The van der Waals surface area contributed by atoms with Crippen LogP contribution < -0.4 is 11.1 Å². The summed E-state index contributed by atoms with van der Waals surface area (Å²) in [4.78, 5) is 30.5. The summed E-state index contributed by atoms with van der Waals surface area (Å²) in [5.41, 5.74) is 6.53. The predicted octanol–water partition coefficient (Wildman–Crippen LogP) is 3.25. The monoisotopic (exact) mass is 432 g/mol. The summed E-state index contributed by atoms with van der Waals surface area (Å²) in [5.74, 6) is -2.96. The molecule has 31 heavy (non-hydrogen) atoms. The van der Waals surface area contributed by atoms with Gasteiger partial charge in [-0.25, -0.2) is 18.2 Å². The molecule has 1 heterocycles. The van der Waals surface area contributed by atoms with Crippen molar-refractivity contribution in [2.75, 3.05) is 0 Å². The molecule has 1 aliphatic rings. The van der Waals surface area contributed by atoms with Gasteiger partial charge in [-0.15, -0.1) is 0 Å². The molecule has 0 aromatic heterocycles. The standard InChI is InChI=1S/C22H23F3N4O2/c1-2-3-19-10-20(30)29(22(26)28-19)12-14-4-15(8-16(23)7-14)21(31)27-11-13-5-17(24)9-18(25)6-13/h4-9,19H,2-3,10-12H2,1H3,(H2,26,28)(H,27,31). The molecular weight excluding hydrogens is 409 g/mol. The molecule has 2 amide bonds. The Balaban J connectivity index is 1.72. The summed E-state index contributed by atoms with van der Waals surface area (Å²) < 4.78 is 40.7. The number of nitrogens with two attached hydrogens (primary N) is 1. The predicted molar refractivity (Wildman–Crippen MR) is 109 cm³/mol. The quantitative estimate of drug-likeness (QED) is 0.704. The number of amides is 2. The van der Waals surface area contributed by atoms with Gasteiger partial charge >= 0.3 is 0 Å². The first-order valence-corrected chi connectivity index (χ1v) is 9.91. The Morgan fingerprint density at radius 1 is 1.10 bits per heavy atom. The van der Waals surface area contributed by atoms with Gasteiger partial charge < -0.3 is 11.1 Å². The van der Waals surface area contributed by atoms with Crippen molar-refractivity contribution in [3.05, 3.63) is 70.5 Å². The zero-order chi connectivity index (χ0) is 22.5. The van der Waals surface area contributed by atoms with E-state index in [9.17, 15) is 22.8 Å². The van der Waals surface area contributed by atoms with Crippen molar-refractivity contribution < 1.29 is 22.8 Å². The maximum atomic E-state index is 14.1. The van der Waals surface area contributed by atoms with Crippen LogP contribution in [0.25, 0.3) is 0 Å². The van der Waals surface area contributed by atoms with Crippen LogP contribution in [0, 0.1) is 17.5 Å². The van der Waals surface area contributed by atoms with Crippen molar-refractivity contribution in [3.63, 3.8) is 0 Å². The number of carbonyl (C=O) groups excluding carboxylic acids is 2. The Morgan fingerprint density at radius 3 is 2.39 bits per heavy atom. The summed E-state index contributed by atoms with van der Waals surface area (Å²) in [6.45, 7) is 1.83. The van der Waals surface area contributed by atoms with Crippen LogP contribution in [0.1, 0.15) is 47.7 Å². The lowest BCUT2D eigenvalue weighted by Crippen LogP contribution is -2.46. The second-order valence-electron chi connectivity index (χ2n) is 7.42. The maximum absolute atomic E-state index is 14.1. The number of nitrogens with zero attached hydrogens (tertiary/aromatic N) is 2. The minimum Gasteiger partial charge on any atom is -0.369 e. The summed E-state index contributed by atoms with van der Waals surface area (Å²) >= 11 is 0. The highest BCUT2D eigenvalue weighted by atomic mass is 19.1. The summed E-state index contributed by atoms with van der Waals surface area (Å²) in [5, 5.41) is 2.50. The van der Waals surface area contributed by atoms with E-state index < -0.39 is 23.4 Å². The number of halogens is 3. The van der Waals surface area contributed by atoms with Crippen LogP contribution in [0.15, 0.2) is 41.4 Å². The van der Waals surface area contributed by atoms with Gasteiger partial charge in [-0.05, 0) is 47.9 Å². The van der Waals surface area contributed by atoms with Crippen molar-refractivity contribution in [2.45, 2.75) is 45.3 Å². The lowest BCUT2D eigenvalue weighted by molar-refractivity contribution is -0.128. The van der Waals surface area contributed by atoms with E-state index in [1.807, 2.05) is 6.92 Å². The van der Waals surface area contributed by atoms with E-state index in [0.29, 0.717) is 5.56 Å². The molecule has 6 nitrogen and oxygen atoms in total. The second kappa shape index (κ2) is 9.63. The first-order chi connectivity index (χ1) is 14.7. The molecule has 164 valence electrons. The summed E-state index contributed by atoms with van der Waals surface area (Å²) in [6.07, 6.45) is 1.85. The first kappa shape index (κ1) is 22.3. The van der Waals surface area contributed by atoms with E-state index in [0.717, 1.165) is 37.1 Å². The molecule has 2 aromatic rings. The zero-order valence-corrected chi connectivity index (χ0v) is 17.0. The van der Waals surface area contributed by atoms with Gasteiger partial charge in [-0.3, -0.25) is 14.5 Å². The Bertz CT molecular complexity index is 1010. The van der Waals surface area contributed by atoms with Gasteiger partial charge in [0.05, 0.1) is 12.6 Å².